The third kappa shape index (κ3) is 4.28. The molecule has 0 N–H and O–H groups in total. The zero-order valence-corrected chi connectivity index (χ0v) is 14.3. The van der Waals surface area contributed by atoms with Gasteiger partial charge >= 0.3 is 6.18 Å². The Kier molecular flexibility index (Phi) is 5.26. The van der Waals surface area contributed by atoms with E-state index in [2.05, 4.69) is 15.5 Å². The summed E-state index contributed by atoms with van der Waals surface area (Å²) in [4.78, 5) is 1.98. The van der Waals surface area contributed by atoms with Crippen molar-refractivity contribution < 1.29 is 17.9 Å². The van der Waals surface area contributed by atoms with Gasteiger partial charge < -0.3 is 4.74 Å². The molecule has 0 bridgehead atoms. The van der Waals surface area contributed by atoms with Crippen LogP contribution in [0.3, 0.4) is 0 Å². The molecule has 1 aliphatic rings. The third-order valence-corrected chi connectivity index (χ3v) is 4.31. The van der Waals surface area contributed by atoms with Crippen LogP contribution in [0.4, 0.5) is 13.2 Å². The van der Waals surface area contributed by atoms with Crippen molar-refractivity contribution in [1.29, 1.82) is 0 Å². The fraction of sp³-hybridized carbons (Fsp3) is 0.533. The van der Waals surface area contributed by atoms with Gasteiger partial charge in [0, 0.05) is 13.2 Å². The third-order valence-electron chi connectivity index (χ3n) is 3.98. The summed E-state index contributed by atoms with van der Waals surface area (Å²) in [7, 11) is 1.89. The first-order valence-corrected chi connectivity index (χ1v) is 8.17. The van der Waals surface area contributed by atoms with Crippen molar-refractivity contribution in [3.05, 3.63) is 34.6 Å². The second-order valence-corrected chi connectivity index (χ2v) is 6.41. The maximum atomic E-state index is 13.0. The van der Waals surface area contributed by atoms with Crippen molar-refractivity contribution in [2.24, 2.45) is 0 Å². The van der Waals surface area contributed by atoms with E-state index in [1.165, 1.54) is 16.8 Å². The standard InChI is InChI=1S/C15H17ClF3N5O/c1-23(8-11-3-2-6-25-11)9-14-20-21-22-24(14)10-4-5-13(16)12(7-10)15(17,18)19/h4-5,7,11H,2-3,6,8-9H2,1H3/t11-/m0/s1. The summed E-state index contributed by atoms with van der Waals surface area (Å²) in [6.07, 6.45) is -2.33. The van der Waals surface area contributed by atoms with Gasteiger partial charge in [-0.1, -0.05) is 11.6 Å². The molecule has 1 aromatic carbocycles. The number of aromatic nitrogens is 4. The average Bonchev–Trinajstić information content (AvgIpc) is 3.18. The Bertz CT molecular complexity index is 730. The first-order chi connectivity index (χ1) is 11.8. The highest BCUT2D eigenvalue weighted by atomic mass is 35.5. The van der Waals surface area contributed by atoms with Crippen molar-refractivity contribution in [3.63, 3.8) is 0 Å². The lowest BCUT2D eigenvalue weighted by molar-refractivity contribution is -0.137. The van der Waals surface area contributed by atoms with Crippen molar-refractivity contribution in [2.45, 2.75) is 31.7 Å². The molecule has 0 saturated carbocycles. The molecule has 10 heteroatoms. The highest BCUT2D eigenvalue weighted by Crippen LogP contribution is 2.35. The van der Waals surface area contributed by atoms with Crippen LogP contribution in [0.1, 0.15) is 24.2 Å². The first kappa shape index (κ1) is 18.1. The normalized spacial score (nSPS) is 18.2. The van der Waals surface area contributed by atoms with Crippen molar-refractivity contribution in [3.8, 4) is 5.69 Å². The summed E-state index contributed by atoms with van der Waals surface area (Å²) in [6.45, 7) is 1.86. The lowest BCUT2D eigenvalue weighted by atomic mass is 10.2. The molecule has 2 aromatic rings. The second-order valence-electron chi connectivity index (χ2n) is 6.00. The highest BCUT2D eigenvalue weighted by molar-refractivity contribution is 6.31. The van der Waals surface area contributed by atoms with E-state index in [4.69, 9.17) is 16.3 Å². The Hall–Kier alpha value is -1.71. The maximum Gasteiger partial charge on any atom is 0.417 e. The van der Waals surface area contributed by atoms with E-state index in [1.807, 2.05) is 11.9 Å². The zero-order valence-electron chi connectivity index (χ0n) is 13.5. The van der Waals surface area contributed by atoms with Crippen LogP contribution >= 0.6 is 11.6 Å². The fourth-order valence-corrected chi connectivity index (χ4v) is 3.03. The lowest BCUT2D eigenvalue weighted by Gasteiger charge is -2.20. The van der Waals surface area contributed by atoms with E-state index in [0.717, 1.165) is 25.5 Å². The van der Waals surface area contributed by atoms with Crippen LogP contribution in [-0.2, 0) is 17.5 Å². The Morgan fingerprint density at radius 2 is 2.20 bits per heavy atom. The summed E-state index contributed by atoms with van der Waals surface area (Å²) >= 11 is 5.66. The molecule has 1 aromatic heterocycles. The van der Waals surface area contributed by atoms with E-state index in [0.29, 0.717) is 18.9 Å². The first-order valence-electron chi connectivity index (χ1n) is 7.79. The molecule has 0 radical (unpaired) electrons. The Labute approximate surface area is 147 Å². The number of benzene rings is 1. The fourth-order valence-electron chi connectivity index (χ4n) is 2.81. The number of halogens is 4. The summed E-state index contributed by atoms with van der Waals surface area (Å²) in [5.74, 6) is 0.441. The Morgan fingerprint density at radius 1 is 1.40 bits per heavy atom. The minimum absolute atomic E-state index is 0.168. The van der Waals surface area contributed by atoms with Crippen LogP contribution in [0.5, 0.6) is 0 Å². The minimum Gasteiger partial charge on any atom is -0.377 e. The molecule has 25 heavy (non-hydrogen) atoms. The van der Waals surface area contributed by atoms with Crippen LogP contribution in [0.2, 0.25) is 5.02 Å². The lowest BCUT2D eigenvalue weighted by Crippen LogP contribution is -2.29. The molecule has 0 spiro atoms. The molecule has 3 rings (SSSR count). The number of nitrogens with zero attached hydrogens (tertiary/aromatic N) is 5. The van der Waals surface area contributed by atoms with Gasteiger partial charge in [-0.25, -0.2) is 0 Å². The molecule has 0 aliphatic carbocycles. The number of tetrazole rings is 1. The number of rotatable bonds is 5. The monoisotopic (exact) mass is 375 g/mol. The average molecular weight is 376 g/mol. The van der Waals surface area contributed by atoms with E-state index >= 15 is 0 Å². The van der Waals surface area contributed by atoms with Crippen molar-refractivity contribution >= 4 is 11.6 Å². The Morgan fingerprint density at radius 3 is 2.88 bits per heavy atom. The highest BCUT2D eigenvalue weighted by Gasteiger charge is 2.33. The van der Waals surface area contributed by atoms with Crippen molar-refractivity contribution in [1.82, 2.24) is 25.1 Å². The predicted octanol–water partition coefficient (Wildman–Crippen LogP) is 2.95. The van der Waals surface area contributed by atoms with Gasteiger partial charge in [0.1, 0.15) is 0 Å². The summed E-state index contributed by atoms with van der Waals surface area (Å²) in [5, 5.41) is 11.0. The molecule has 2 heterocycles. The number of likely N-dealkylation sites (N-methyl/N-ethyl adjacent to an activating group) is 1. The molecule has 1 saturated heterocycles. The summed E-state index contributed by atoms with van der Waals surface area (Å²) < 4.78 is 46.0. The van der Waals surface area contributed by atoms with Crippen LogP contribution in [0.25, 0.3) is 5.69 Å². The van der Waals surface area contributed by atoms with Gasteiger partial charge in [0.15, 0.2) is 5.82 Å². The summed E-state index contributed by atoms with van der Waals surface area (Å²) in [6, 6.07) is 3.60. The van der Waals surface area contributed by atoms with Crippen LogP contribution in [0, 0.1) is 0 Å². The van der Waals surface area contributed by atoms with Gasteiger partial charge in [0.05, 0.1) is 28.9 Å². The molecular weight excluding hydrogens is 359 g/mol. The van der Waals surface area contributed by atoms with Crippen molar-refractivity contribution in [2.75, 3.05) is 20.2 Å². The largest absolute Gasteiger partial charge is 0.417 e. The molecule has 1 atom stereocenters. The molecule has 136 valence electrons. The van der Waals surface area contributed by atoms with Gasteiger partial charge in [-0.05, 0) is 48.5 Å². The van der Waals surface area contributed by atoms with Gasteiger partial charge in [0.2, 0.25) is 0 Å². The molecule has 0 unspecified atom stereocenters. The van der Waals surface area contributed by atoms with Crippen LogP contribution in [0.15, 0.2) is 18.2 Å². The van der Waals surface area contributed by atoms with Gasteiger partial charge in [0.25, 0.3) is 0 Å². The molecule has 6 nitrogen and oxygen atoms in total. The van der Waals surface area contributed by atoms with E-state index in [1.54, 1.807) is 0 Å². The molecule has 1 fully saturated rings. The van der Waals surface area contributed by atoms with E-state index in [-0.39, 0.29) is 16.8 Å². The van der Waals surface area contributed by atoms with Gasteiger partial charge in [-0.3, -0.25) is 4.90 Å². The van der Waals surface area contributed by atoms with Crippen LogP contribution < -0.4 is 0 Å². The molecule has 0 amide bonds. The molecule has 1 aliphatic heterocycles. The van der Waals surface area contributed by atoms with Crippen LogP contribution in [-0.4, -0.2) is 51.4 Å². The van der Waals surface area contributed by atoms with Gasteiger partial charge in [-0.15, -0.1) is 5.10 Å². The van der Waals surface area contributed by atoms with E-state index < -0.39 is 11.7 Å². The number of ether oxygens (including phenoxy) is 1. The maximum absolute atomic E-state index is 13.0. The second kappa shape index (κ2) is 7.27. The van der Waals surface area contributed by atoms with Gasteiger partial charge in [-0.2, -0.15) is 17.9 Å². The number of hydrogen-bond donors (Lipinski definition) is 0. The SMILES string of the molecule is CN(Cc1nnnn1-c1ccc(Cl)c(C(F)(F)F)c1)C[C@@H]1CCCO1. The number of alkyl halides is 3. The zero-order chi connectivity index (χ0) is 18.0. The number of hydrogen-bond acceptors (Lipinski definition) is 5. The molecular formula is C15H17ClF3N5O. The minimum atomic E-state index is -4.54. The predicted molar refractivity (Wildman–Crippen MR) is 84.5 cm³/mol. The smallest absolute Gasteiger partial charge is 0.377 e. The Balaban J connectivity index is 1.79. The topological polar surface area (TPSA) is 56.1 Å². The quantitative estimate of drug-likeness (QED) is 0.804. The van der Waals surface area contributed by atoms with E-state index in [9.17, 15) is 13.2 Å². The summed E-state index contributed by atoms with van der Waals surface area (Å²) in [5.41, 5.74) is -0.705.